The van der Waals surface area contributed by atoms with Crippen LogP contribution >= 0.6 is 0 Å². The Morgan fingerprint density at radius 3 is 2.24 bits per heavy atom. The van der Waals surface area contributed by atoms with E-state index in [1.54, 1.807) is 4.90 Å². The van der Waals surface area contributed by atoms with E-state index in [9.17, 15) is 4.79 Å². The van der Waals surface area contributed by atoms with Gasteiger partial charge in [-0.3, -0.25) is 0 Å². The smallest absolute Gasteiger partial charge is 0.410 e. The van der Waals surface area contributed by atoms with E-state index in [0.717, 1.165) is 18.6 Å². The largest absolute Gasteiger partial charge is 0.490 e. The number of carbonyl (C=O) groups excluding carboxylic acids is 1. The molecule has 2 aromatic rings. The normalized spacial score (nSPS) is 15.4. The first-order valence-corrected chi connectivity index (χ1v) is 10.6. The number of rotatable bonds is 4. The van der Waals surface area contributed by atoms with Crippen LogP contribution < -0.4 is 4.74 Å². The Hall–Kier alpha value is -2.49. The molecule has 156 valence electrons. The first kappa shape index (κ1) is 21.2. The summed E-state index contributed by atoms with van der Waals surface area (Å²) in [7, 11) is 0. The van der Waals surface area contributed by atoms with E-state index in [2.05, 4.69) is 50.2 Å². The van der Waals surface area contributed by atoms with E-state index in [1.165, 1.54) is 16.7 Å². The van der Waals surface area contributed by atoms with Crippen LogP contribution in [0.3, 0.4) is 0 Å². The van der Waals surface area contributed by atoms with Gasteiger partial charge in [-0.15, -0.1) is 0 Å². The number of hydrogen-bond acceptors (Lipinski definition) is 3. The van der Waals surface area contributed by atoms with Crippen molar-refractivity contribution in [3.63, 3.8) is 0 Å². The fourth-order valence-electron chi connectivity index (χ4n) is 3.48. The van der Waals surface area contributed by atoms with E-state index in [0.29, 0.717) is 19.0 Å². The lowest BCUT2D eigenvalue weighted by Gasteiger charge is -2.33. The van der Waals surface area contributed by atoms with Gasteiger partial charge in [0.05, 0.1) is 0 Å². The van der Waals surface area contributed by atoms with Gasteiger partial charge in [0, 0.05) is 25.9 Å². The molecule has 1 aliphatic rings. The molecule has 1 saturated heterocycles. The predicted molar refractivity (Wildman–Crippen MR) is 117 cm³/mol. The summed E-state index contributed by atoms with van der Waals surface area (Å²) in [5, 5.41) is 0. The third-order valence-corrected chi connectivity index (χ3v) is 5.14. The van der Waals surface area contributed by atoms with Crippen molar-refractivity contribution in [2.75, 3.05) is 13.1 Å². The first-order chi connectivity index (χ1) is 13.7. The van der Waals surface area contributed by atoms with Gasteiger partial charge < -0.3 is 14.4 Å². The second kappa shape index (κ2) is 8.89. The van der Waals surface area contributed by atoms with Gasteiger partial charge in [-0.2, -0.15) is 0 Å². The molecule has 29 heavy (non-hydrogen) atoms. The van der Waals surface area contributed by atoms with Gasteiger partial charge in [-0.25, -0.2) is 4.79 Å². The Morgan fingerprint density at radius 2 is 1.66 bits per heavy atom. The van der Waals surface area contributed by atoms with Crippen LogP contribution in [0.1, 0.15) is 58.9 Å². The van der Waals surface area contributed by atoms with Crippen molar-refractivity contribution >= 4 is 6.09 Å². The number of amides is 1. The molecular formula is C25H33NO3. The molecule has 4 heteroatoms. The third kappa shape index (κ3) is 5.99. The van der Waals surface area contributed by atoms with Crippen LogP contribution in [0.5, 0.6) is 5.75 Å². The zero-order chi connectivity index (χ0) is 21.0. The number of ether oxygens (including phenoxy) is 2. The molecule has 3 rings (SSSR count). The highest BCUT2D eigenvalue weighted by molar-refractivity contribution is 5.68. The van der Waals surface area contributed by atoms with E-state index >= 15 is 0 Å². The molecule has 1 heterocycles. The molecule has 0 radical (unpaired) electrons. The molecule has 0 atom stereocenters. The van der Waals surface area contributed by atoms with Gasteiger partial charge in [-0.1, -0.05) is 50.2 Å². The molecule has 0 aromatic heterocycles. The molecule has 0 bridgehead atoms. The maximum atomic E-state index is 12.2. The molecule has 0 unspecified atom stereocenters. The number of hydrogen-bond donors (Lipinski definition) is 0. The van der Waals surface area contributed by atoms with Crippen LogP contribution in [-0.2, 0) is 4.74 Å². The van der Waals surface area contributed by atoms with Gasteiger partial charge >= 0.3 is 6.09 Å². The summed E-state index contributed by atoms with van der Waals surface area (Å²) in [6.07, 6.45) is 1.53. The summed E-state index contributed by atoms with van der Waals surface area (Å²) in [5.41, 5.74) is 3.31. The van der Waals surface area contributed by atoms with Gasteiger partial charge in [0.25, 0.3) is 0 Å². The highest BCUT2D eigenvalue weighted by atomic mass is 16.6. The maximum Gasteiger partial charge on any atom is 0.410 e. The monoisotopic (exact) mass is 395 g/mol. The Bertz CT molecular complexity index is 813. The minimum Gasteiger partial charge on any atom is -0.490 e. The van der Waals surface area contributed by atoms with E-state index in [4.69, 9.17) is 9.47 Å². The summed E-state index contributed by atoms with van der Waals surface area (Å²) in [5.74, 6) is 1.40. The highest BCUT2D eigenvalue weighted by Crippen LogP contribution is 2.27. The van der Waals surface area contributed by atoms with Crippen molar-refractivity contribution in [3.8, 4) is 16.9 Å². The van der Waals surface area contributed by atoms with E-state index in [1.807, 2.05) is 32.9 Å². The molecule has 0 saturated carbocycles. The molecule has 1 amide bonds. The van der Waals surface area contributed by atoms with Crippen LogP contribution in [0.15, 0.2) is 48.5 Å². The molecule has 4 nitrogen and oxygen atoms in total. The lowest BCUT2D eigenvalue weighted by Crippen LogP contribution is -2.44. The minimum atomic E-state index is -0.457. The van der Waals surface area contributed by atoms with Crippen LogP contribution in [0.2, 0.25) is 0 Å². The van der Waals surface area contributed by atoms with Crippen molar-refractivity contribution in [1.29, 1.82) is 0 Å². The average molecular weight is 396 g/mol. The molecule has 0 spiro atoms. The first-order valence-electron chi connectivity index (χ1n) is 10.6. The van der Waals surface area contributed by atoms with Gasteiger partial charge in [-0.05, 0) is 55.5 Å². The van der Waals surface area contributed by atoms with Crippen molar-refractivity contribution in [3.05, 3.63) is 54.1 Å². The zero-order valence-electron chi connectivity index (χ0n) is 18.3. The maximum absolute atomic E-state index is 12.2. The van der Waals surface area contributed by atoms with Crippen molar-refractivity contribution in [2.24, 2.45) is 0 Å². The Labute approximate surface area is 174 Å². The molecular weight excluding hydrogens is 362 g/mol. The van der Waals surface area contributed by atoms with Crippen LogP contribution in [0.4, 0.5) is 4.79 Å². The molecule has 2 aromatic carbocycles. The van der Waals surface area contributed by atoms with E-state index < -0.39 is 5.60 Å². The SMILES string of the molecule is CC(C)c1cccc(-c2ccc(OC3CCN(C(=O)OC(C)(C)C)CC3)cc2)c1. The van der Waals surface area contributed by atoms with Crippen LogP contribution in [-0.4, -0.2) is 35.8 Å². The summed E-state index contributed by atoms with van der Waals surface area (Å²) in [6.45, 7) is 11.4. The number of nitrogens with zero attached hydrogens (tertiary/aromatic N) is 1. The van der Waals surface area contributed by atoms with Crippen molar-refractivity contribution < 1.29 is 14.3 Å². The summed E-state index contributed by atoms with van der Waals surface area (Å²) in [6, 6.07) is 17.0. The number of likely N-dealkylation sites (tertiary alicyclic amines) is 1. The fourth-order valence-corrected chi connectivity index (χ4v) is 3.48. The van der Waals surface area contributed by atoms with Crippen molar-refractivity contribution in [2.45, 2.75) is 65.1 Å². The lowest BCUT2D eigenvalue weighted by atomic mass is 9.97. The Balaban J connectivity index is 1.55. The number of piperidine rings is 1. The van der Waals surface area contributed by atoms with Crippen LogP contribution in [0.25, 0.3) is 11.1 Å². The summed E-state index contributed by atoms with van der Waals surface area (Å²) >= 11 is 0. The molecule has 1 fully saturated rings. The van der Waals surface area contributed by atoms with Crippen LogP contribution in [0, 0.1) is 0 Å². The topological polar surface area (TPSA) is 38.8 Å². The molecule has 0 N–H and O–H groups in total. The van der Waals surface area contributed by atoms with Gasteiger partial charge in [0.1, 0.15) is 17.5 Å². The van der Waals surface area contributed by atoms with E-state index in [-0.39, 0.29) is 12.2 Å². The second-order valence-corrected chi connectivity index (χ2v) is 9.09. The highest BCUT2D eigenvalue weighted by Gasteiger charge is 2.27. The third-order valence-electron chi connectivity index (χ3n) is 5.14. The average Bonchev–Trinajstić information content (AvgIpc) is 2.68. The standard InChI is InChI=1S/C25H33NO3/c1-18(2)20-7-6-8-21(17-20)19-9-11-22(12-10-19)28-23-13-15-26(16-14-23)24(27)29-25(3,4)5/h6-12,17-18,23H,13-16H2,1-5H3. The molecule has 1 aliphatic heterocycles. The Kier molecular flexibility index (Phi) is 6.51. The Morgan fingerprint density at radius 1 is 1.00 bits per heavy atom. The van der Waals surface area contributed by atoms with Crippen molar-refractivity contribution in [1.82, 2.24) is 4.90 Å². The summed E-state index contributed by atoms with van der Waals surface area (Å²) in [4.78, 5) is 14.0. The number of benzene rings is 2. The minimum absolute atomic E-state index is 0.129. The fraction of sp³-hybridized carbons (Fsp3) is 0.480. The quantitative estimate of drug-likeness (QED) is 0.614. The predicted octanol–water partition coefficient (Wildman–Crippen LogP) is 6.26. The number of carbonyl (C=O) groups is 1. The van der Waals surface area contributed by atoms with Gasteiger partial charge in [0.15, 0.2) is 0 Å². The van der Waals surface area contributed by atoms with Gasteiger partial charge in [0.2, 0.25) is 0 Å². The zero-order valence-corrected chi connectivity index (χ0v) is 18.3. The second-order valence-electron chi connectivity index (χ2n) is 9.09. The molecule has 0 aliphatic carbocycles. The lowest BCUT2D eigenvalue weighted by molar-refractivity contribution is 0.0126. The summed E-state index contributed by atoms with van der Waals surface area (Å²) < 4.78 is 11.6.